The average Bonchev–Trinajstić information content (AvgIpc) is 1.49. The number of phenols is 2. The van der Waals surface area contributed by atoms with Crippen LogP contribution in [-0.2, 0) is 29.8 Å². The molecule has 0 spiro atoms. The number of carbonyl (C=O) groups excluding carboxylic acids is 2. The maximum Gasteiger partial charge on any atom is 0.310 e. The Morgan fingerprint density at radius 3 is 0.875 bits per heavy atom. The van der Waals surface area contributed by atoms with Crippen LogP contribution in [0.2, 0.25) is 0 Å². The number of aromatic hydroxyl groups is 2. The van der Waals surface area contributed by atoms with Gasteiger partial charge in [-0.3, -0.25) is 9.59 Å². The van der Waals surface area contributed by atoms with Crippen molar-refractivity contribution in [1.82, 2.24) is 0 Å². The van der Waals surface area contributed by atoms with E-state index in [4.69, 9.17) is 27.3 Å². The first kappa shape index (κ1) is 76.7. The number of carbonyl (C=O) groups is 2. The number of phenolic OH excluding ortho intramolecular Hbond substituents is 2. The van der Waals surface area contributed by atoms with Crippen molar-refractivity contribution in [3.05, 3.63) is 93.0 Å². The van der Waals surface area contributed by atoms with Gasteiger partial charge in [0.05, 0.1) is 46.8 Å². The second kappa shape index (κ2) is 32.0. The van der Waals surface area contributed by atoms with Crippen LogP contribution in [0, 0.1) is 33.5 Å². The number of benzene rings is 4. The number of rotatable bonds is 32. The Bertz CT molecular complexity index is 3690. The van der Waals surface area contributed by atoms with E-state index in [-0.39, 0.29) is 70.8 Å². The molecule has 8 unspecified atom stereocenters. The fourth-order valence-electron chi connectivity index (χ4n) is 21.3. The molecule has 0 saturated heterocycles. The quantitative estimate of drug-likeness (QED) is 0.0346. The molecule has 2 N–H and O–H groups in total. The lowest BCUT2D eigenvalue weighted by atomic mass is 9.70. The Morgan fingerprint density at radius 2 is 0.615 bits per heavy atom. The molecule has 16 heteroatoms. The van der Waals surface area contributed by atoms with Crippen molar-refractivity contribution >= 4 is 31.8 Å². The molecule has 9 aliphatic rings. The van der Waals surface area contributed by atoms with E-state index in [1.54, 1.807) is 0 Å². The Labute approximate surface area is 623 Å². The molecule has 13 rings (SSSR count). The summed E-state index contributed by atoms with van der Waals surface area (Å²) in [6, 6.07) is 16.0. The Balaban J connectivity index is 1.14. The molecular weight excluding hydrogens is 1350 g/mol. The number of ether oxygens (including phenoxy) is 4. The van der Waals surface area contributed by atoms with Crippen LogP contribution in [-0.4, -0.2) is 74.5 Å². The van der Waals surface area contributed by atoms with Crippen molar-refractivity contribution in [3.8, 4) is 46.0 Å². The number of hydrogen-bond donors (Lipinski definition) is 2. The van der Waals surface area contributed by atoms with Gasteiger partial charge in [0.2, 0.25) is 0 Å². The number of Topliss-reactive ketones (excluding diaryl/α,β-unsaturated/α-hetero) is 2. The maximum atomic E-state index is 15.8. The fraction of sp³-hybridized carbons (Fsp3) is 0.705. The fourth-order valence-corrected chi connectivity index (χ4v) is 24.9. The van der Waals surface area contributed by atoms with Gasteiger partial charge >= 0.3 is 20.2 Å². The van der Waals surface area contributed by atoms with Crippen molar-refractivity contribution in [2.75, 3.05) is 11.5 Å². The van der Waals surface area contributed by atoms with Gasteiger partial charge in [0.1, 0.15) is 57.6 Å². The highest BCUT2D eigenvalue weighted by atomic mass is 32.2. The number of hydrogen-bond acceptors (Lipinski definition) is 14. The molecule has 12 bridgehead atoms. The van der Waals surface area contributed by atoms with Gasteiger partial charge in [-0.15, -0.1) is 0 Å². The van der Waals surface area contributed by atoms with E-state index >= 15 is 16.8 Å². The van der Waals surface area contributed by atoms with Crippen molar-refractivity contribution < 1.29 is 64.0 Å². The summed E-state index contributed by atoms with van der Waals surface area (Å²) < 4.78 is 106. The van der Waals surface area contributed by atoms with Gasteiger partial charge in [0, 0.05) is 105 Å². The number of unbranched alkanes of at least 4 members (excludes halogenated alkanes) is 8. The van der Waals surface area contributed by atoms with Crippen molar-refractivity contribution in [2.45, 2.75) is 347 Å². The van der Waals surface area contributed by atoms with Crippen molar-refractivity contribution in [2.24, 2.45) is 33.5 Å². The molecule has 9 aliphatic carbocycles. The number of ketones is 2. The molecule has 0 radical (unpaired) electrons. The summed E-state index contributed by atoms with van der Waals surface area (Å²) in [6.07, 6.45) is 29.5. The molecule has 14 nitrogen and oxygen atoms in total. The van der Waals surface area contributed by atoms with Crippen LogP contribution in [0.4, 0.5) is 0 Å². The van der Waals surface area contributed by atoms with Gasteiger partial charge in [-0.25, -0.2) is 0 Å². The zero-order valence-corrected chi connectivity index (χ0v) is 65.9. The van der Waals surface area contributed by atoms with Crippen LogP contribution in [0.5, 0.6) is 46.0 Å². The molecule has 8 atom stereocenters. The van der Waals surface area contributed by atoms with Crippen LogP contribution in [0.15, 0.2) is 48.5 Å². The van der Waals surface area contributed by atoms with E-state index < -0.39 is 77.1 Å². The van der Waals surface area contributed by atoms with Crippen molar-refractivity contribution in [1.29, 1.82) is 0 Å². The molecule has 0 heterocycles. The molecule has 8 fully saturated rings. The highest BCUT2D eigenvalue weighted by molar-refractivity contribution is 7.87. The highest BCUT2D eigenvalue weighted by Gasteiger charge is 2.67. The van der Waals surface area contributed by atoms with Gasteiger partial charge < -0.3 is 37.5 Å². The lowest BCUT2D eigenvalue weighted by Gasteiger charge is -2.36. The third-order valence-corrected chi connectivity index (χ3v) is 30.5. The second-order valence-electron chi connectivity index (χ2n) is 34.9. The molecule has 8 saturated carbocycles. The van der Waals surface area contributed by atoms with Crippen molar-refractivity contribution in [3.63, 3.8) is 0 Å². The zero-order chi connectivity index (χ0) is 73.3. The van der Waals surface area contributed by atoms with Crippen LogP contribution < -0.4 is 27.3 Å². The first-order valence-corrected chi connectivity index (χ1v) is 44.7. The molecule has 104 heavy (non-hydrogen) atoms. The summed E-state index contributed by atoms with van der Waals surface area (Å²) in [6.45, 7) is 17.0. The molecule has 572 valence electrons. The van der Waals surface area contributed by atoms with E-state index in [9.17, 15) is 19.8 Å². The third kappa shape index (κ3) is 15.5. The molecule has 0 amide bonds. The molecule has 4 aromatic rings. The summed E-state index contributed by atoms with van der Waals surface area (Å²) >= 11 is 0. The summed E-state index contributed by atoms with van der Waals surface area (Å²) in [4.78, 5) is 28.8. The number of fused-ring (bicyclic) bond motifs is 12. The SMILES string of the molecule is CCCCCC1c2cc(c(OC3CCCC3)cc2O)C(CCCCC)c2cc(c(OC3CCCC3)cc2OS(=O)(=O)CC23CCC(CC2=O)C3(C)C)C(CCCCC)c2cc(c(OC3CCCC3)cc2O)C(CCCCC)c2cc1c(OC1CCCC1)cc2OS(=O)(=O)CC12CCC(CC1=O)C2(C)C. The minimum atomic E-state index is -4.54. The smallest absolute Gasteiger partial charge is 0.310 e. The average molecular weight is 1470 g/mol. The van der Waals surface area contributed by atoms with Gasteiger partial charge in [0.25, 0.3) is 0 Å². The maximum absolute atomic E-state index is 15.8. The lowest BCUT2D eigenvalue weighted by Crippen LogP contribution is -2.43. The van der Waals surface area contributed by atoms with E-state index in [1.807, 2.05) is 24.3 Å². The standard InChI is InChI=1S/C88H124O14S2/c1-9-13-17-37-63-67-47-69(77(51-75(67)89)97-59-29-21-22-30-59)65(39-19-15-11-3)74-50-72(80(100-62-35-27-28-36-62)54-82(74)102-104(95,96)56-88-44-42-58(46-84(88)92)86(88,7)8)64(38-18-14-10-2)68-48-70(78(52-76(68)90)98-60-31-23-24-32-60)66(40-20-16-12-4)73-49-71(63)79(99-61-33-25-26-34-61)53-81(73)101-103(93,94)55-87-43-41-57(45-83(87)91)85(87,5)6/h47-54,57-66,89-90H,9-46,55-56H2,1-8H3. The minimum absolute atomic E-state index is 0.0128. The largest absolute Gasteiger partial charge is 0.508 e. The van der Waals surface area contributed by atoms with E-state index in [1.165, 1.54) is 0 Å². The van der Waals surface area contributed by atoms with Crippen LogP contribution in [0.1, 0.15) is 368 Å². The lowest BCUT2D eigenvalue weighted by molar-refractivity contribution is -0.128. The highest BCUT2D eigenvalue weighted by Crippen LogP contribution is 2.66. The van der Waals surface area contributed by atoms with E-state index in [0.29, 0.717) is 96.6 Å². The summed E-state index contributed by atoms with van der Waals surface area (Å²) in [5, 5.41) is 26.9. The topological polar surface area (TPSA) is 198 Å². The Hall–Kier alpha value is -5.48. The molecule has 0 aromatic heterocycles. The molecule has 0 aliphatic heterocycles. The van der Waals surface area contributed by atoms with Gasteiger partial charge in [-0.05, 0) is 201 Å². The molecule has 4 aromatic carbocycles. The third-order valence-electron chi connectivity index (χ3n) is 27.9. The van der Waals surface area contributed by atoms with Crippen LogP contribution in [0.25, 0.3) is 0 Å². The van der Waals surface area contributed by atoms with Gasteiger partial charge in [-0.1, -0.05) is 132 Å². The summed E-state index contributed by atoms with van der Waals surface area (Å²) in [5.74, 6) is -0.693. The van der Waals surface area contributed by atoms with E-state index in [0.717, 1.165) is 215 Å². The predicted molar refractivity (Wildman–Crippen MR) is 411 cm³/mol. The van der Waals surface area contributed by atoms with Crippen LogP contribution in [0.3, 0.4) is 0 Å². The summed E-state index contributed by atoms with van der Waals surface area (Å²) in [5.41, 5.74) is 2.37. The Morgan fingerprint density at radius 1 is 0.356 bits per heavy atom. The summed E-state index contributed by atoms with van der Waals surface area (Å²) in [7, 11) is -9.09. The minimum Gasteiger partial charge on any atom is -0.508 e. The van der Waals surface area contributed by atoms with Crippen LogP contribution >= 0.6 is 0 Å². The molecular formula is C88H124O14S2. The van der Waals surface area contributed by atoms with Gasteiger partial charge in [-0.2, -0.15) is 16.8 Å². The van der Waals surface area contributed by atoms with E-state index in [2.05, 4.69) is 79.7 Å². The monoisotopic (exact) mass is 1470 g/mol. The van der Waals surface area contributed by atoms with Gasteiger partial charge in [0.15, 0.2) is 0 Å². The predicted octanol–water partition coefficient (Wildman–Crippen LogP) is 21.8. The second-order valence-corrected chi connectivity index (χ2v) is 38.1. The first-order valence-electron chi connectivity index (χ1n) is 41.6. The zero-order valence-electron chi connectivity index (χ0n) is 64.3. The normalized spacial score (nSPS) is 26.8. The first-order chi connectivity index (χ1) is 49.9. The Kier molecular flexibility index (Phi) is 23.6.